The first-order valence-electron chi connectivity index (χ1n) is 8.23. The highest BCUT2D eigenvalue weighted by Gasteiger charge is 2.13. The van der Waals surface area contributed by atoms with Gasteiger partial charge >= 0.3 is 0 Å². The molecule has 0 aliphatic heterocycles. The van der Waals surface area contributed by atoms with Crippen LogP contribution in [0.25, 0.3) is 11.5 Å². The lowest BCUT2D eigenvalue weighted by Crippen LogP contribution is -2.29. The molecular formula is C16H19N7O3. The van der Waals surface area contributed by atoms with Crippen LogP contribution in [0.5, 0.6) is 0 Å². The van der Waals surface area contributed by atoms with Gasteiger partial charge in [0.15, 0.2) is 5.82 Å². The molecule has 0 atom stereocenters. The van der Waals surface area contributed by atoms with Crippen LogP contribution in [0, 0.1) is 6.92 Å². The number of rotatable bonds is 8. The lowest BCUT2D eigenvalue weighted by molar-refractivity contribution is -0.121. The van der Waals surface area contributed by atoms with Crippen LogP contribution in [-0.4, -0.2) is 41.9 Å². The Kier molecular flexibility index (Phi) is 5.52. The summed E-state index contributed by atoms with van der Waals surface area (Å²) in [6.45, 7) is 3.17. The van der Waals surface area contributed by atoms with Crippen molar-refractivity contribution in [3.63, 3.8) is 0 Å². The Morgan fingerprint density at radius 1 is 1.35 bits per heavy atom. The maximum absolute atomic E-state index is 12.4. The van der Waals surface area contributed by atoms with Gasteiger partial charge in [0, 0.05) is 44.6 Å². The molecule has 0 saturated carbocycles. The molecule has 0 bridgehead atoms. The number of amides is 1. The molecule has 1 amide bonds. The van der Waals surface area contributed by atoms with E-state index in [2.05, 4.69) is 25.5 Å². The molecule has 0 aromatic carbocycles. The molecule has 0 aliphatic rings. The van der Waals surface area contributed by atoms with Gasteiger partial charge in [-0.05, 0) is 19.4 Å². The molecule has 26 heavy (non-hydrogen) atoms. The minimum absolute atomic E-state index is 0.123. The lowest BCUT2D eigenvalue weighted by Gasteiger charge is -2.07. The molecule has 3 heterocycles. The third-order valence-electron chi connectivity index (χ3n) is 3.68. The van der Waals surface area contributed by atoms with Gasteiger partial charge in [0.25, 0.3) is 11.4 Å². The van der Waals surface area contributed by atoms with Crippen molar-refractivity contribution in [2.24, 2.45) is 0 Å². The van der Waals surface area contributed by atoms with Crippen LogP contribution in [0.3, 0.4) is 0 Å². The Balaban J connectivity index is 1.49. The largest absolute Gasteiger partial charge is 0.356 e. The van der Waals surface area contributed by atoms with E-state index in [0.29, 0.717) is 12.4 Å². The molecule has 0 saturated heterocycles. The summed E-state index contributed by atoms with van der Waals surface area (Å²) in [4.78, 5) is 32.4. The summed E-state index contributed by atoms with van der Waals surface area (Å²) in [5, 5.41) is 10.6. The van der Waals surface area contributed by atoms with Crippen molar-refractivity contribution < 1.29 is 9.32 Å². The van der Waals surface area contributed by atoms with Crippen molar-refractivity contribution in [2.45, 2.75) is 32.9 Å². The molecule has 0 spiro atoms. The fourth-order valence-corrected chi connectivity index (χ4v) is 2.38. The summed E-state index contributed by atoms with van der Waals surface area (Å²) >= 11 is 0. The summed E-state index contributed by atoms with van der Waals surface area (Å²) in [6, 6.07) is 1.86. The zero-order valence-electron chi connectivity index (χ0n) is 14.3. The molecule has 136 valence electrons. The average molecular weight is 357 g/mol. The predicted molar refractivity (Wildman–Crippen MR) is 91.0 cm³/mol. The van der Waals surface area contributed by atoms with E-state index in [-0.39, 0.29) is 35.9 Å². The lowest BCUT2D eigenvalue weighted by atomic mass is 10.3. The van der Waals surface area contributed by atoms with E-state index in [1.165, 1.54) is 17.1 Å². The third-order valence-corrected chi connectivity index (χ3v) is 3.68. The molecule has 0 unspecified atom stereocenters. The van der Waals surface area contributed by atoms with Gasteiger partial charge in [0.05, 0.1) is 6.33 Å². The molecule has 10 nitrogen and oxygen atoms in total. The van der Waals surface area contributed by atoms with Crippen LogP contribution in [0.4, 0.5) is 0 Å². The van der Waals surface area contributed by atoms with Gasteiger partial charge in [-0.1, -0.05) is 5.16 Å². The highest BCUT2D eigenvalue weighted by molar-refractivity contribution is 5.75. The molecule has 3 aromatic rings. The highest BCUT2D eigenvalue weighted by Crippen LogP contribution is 2.10. The third kappa shape index (κ3) is 4.41. The summed E-state index contributed by atoms with van der Waals surface area (Å²) in [5.41, 5.74) is -0.108. The van der Waals surface area contributed by atoms with Gasteiger partial charge in [-0.25, -0.2) is 4.98 Å². The quantitative estimate of drug-likeness (QED) is 0.579. The van der Waals surface area contributed by atoms with Crippen molar-refractivity contribution in [1.29, 1.82) is 0 Å². The normalized spacial score (nSPS) is 10.8. The summed E-state index contributed by atoms with van der Waals surface area (Å²) in [6.07, 6.45) is 7.31. The maximum Gasteiger partial charge on any atom is 0.266 e. The number of aromatic nitrogens is 6. The second kappa shape index (κ2) is 8.19. The minimum atomic E-state index is -0.324. The van der Waals surface area contributed by atoms with E-state index in [9.17, 15) is 9.59 Å². The van der Waals surface area contributed by atoms with Crippen molar-refractivity contribution in [3.8, 4) is 11.5 Å². The Hall–Kier alpha value is -3.30. The molecule has 0 radical (unpaired) electrons. The number of carbonyl (C=O) groups excluding carboxylic acids is 1. The number of aryl methyl sites for hydroxylation is 3. The van der Waals surface area contributed by atoms with Crippen LogP contribution in [0.1, 0.15) is 18.7 Å². The molecule has 1 N–H and O–H groups in total. The van der Waals surface area contributed by atoms with Crippen molar-refractivity contribution in [1.82, 2.24) is 34.8 Å². The first-order chi connectivity index (χ1) is 12.6. The summed E-state index contributed by atoms with van der Waals surface area (Å²) in [7, 11) is 0. The van der Waals surface area contributed by atoms with E-state index in [0.717, 1.165) is 13.0 Å². The fraction of sp³-hybridized carbons (Fsp3) is 0.375. The fourth-order valence-electron chi connectivity index (χ4n) is 2.38. The van der Waals surface area contributed by atoms with Crippen molar-refractivity contribution in [2.75, 3.05) is 6.54 Å². The van der Waals surface area contributed by atoms with E-state index in [1.54, 1.807) is 13.1 Å². The van der Waals surface area contributed by atoms with Gasteiger partial charge < -0.3 is 9.84 Å². The van der Waals surface area contributed by atoms with Gasteiger partial charge in [0.1, 0.15) is 5.56 Å². The first-order valence-corrected chi connectivity index (χ1v) is 8.23. The van der Waals surface area contributed by atoms with Gasteiger partial charge in [-0.2, -0.15) is 10.1 Å². The Morgan fingerprint density at radius 2 is 2.23 bits per heavy atom. The van der Waals surface area contributed by atoms with Crippen molar-refractivity contribution >= 4 is 5.91 Å². The minimum Gasteiger partial charge on any atom is -0.356 e. The van der Waals surface area contributed by atoms with E-state index < -0.39 is 0 Å². The Morgan fingerprint density at radius 3 is 2.96 bits per heavy atom. The van der Waals surface area contributed by atoms with Crippen LogP contribution < -0.4 is 10.9 Å². The molecule has 10 heteroatoms. The summed E-state index contributed by atoms with van der Waals surface area (Å²) in [5.74, 6) is 0.429. The number of nitrogens with zero attached hydrogens (tertiary/aromatic N) is 6. The molecule has 3 rings (SSSR count). The molecule has 0 aliphatic carbocycles. The molecule has 0 fully saturated rings. The monoisotopic (exact) mass is 357 g/mol. The summed E-state index contributed by atoms with van der Waals surface area (Å²) < 4.78 is 8.17. The molecular weight excluding hydrogens is 338 g/mol. The number of hydrogen-bond acceptors (Lipinski definition) is 7. The van der Waals surface area contributed by atoms with Crippen LogP contribution in [0.2, 0.25) is 0 Å². The average Bonchev–Trinajstić information content (AvgIpc) is 3.29. The predicted octanol–water partition coefficient (Wildman–Crippen LogP) is 0.395. The van der Waals surface area contributed by atoms with E-state index in [4.69, 9.17) is 4.52 Å². The van der Waals surface area contributed by atoms with Gasteiger partial charge in [0.2, 0.25) is 5.91 Å². The maximum atomic E-state index is 12.4. The van der Waals surface area contributed by atoms with E-state index in [1.807, 2.05) is 16.9 Å². The second-order valence-electron chi connectivity index (χ2n) is 5.68. The van der Waals surface area contributed by atoms with E-state index >= 15 is 0 Å². The zero-order valence-corrected chi connectivity index (χ0v) is 14.3. The van der Waals surface area contributed by atoms with Crippen LogP contribution >= 0.6 is 0 Å². The van der Waals surface area contributed by atoms with Gasteiger partial charge in [-0.15, -0.1) is 0 Å². The topological polar surface area (TPSA) is 121 Å². The number of carbonyl (C=O) groups is 1. The SMILES string of the molecule is Cc1noc(-c2cncn(CCC(=O)NCCCn3cccn3)c2=O)n1. The standard InChI is InChI=1S/C16H19N7O3/c1-12-20-15(26-21-12)13-10-17-11-22(16(13)25)9-4-14(24)18-5-2-7-23-8-3-6-19-23/h3,6,8,10-11H,2,4-5,7,9H2,1H3,(H,18,24). The van der Waals surface area contributed by atoms with Crippen LogP contribution in [-0.2, 0) is 17.9 Å². The second-order valence-corrected chi connectivity index (χ2v) is 5.68. The van der Waals surface area contributed by atoms with Gasteiger partial charge in [-0.3, -0.25) is 18.8 Å². The molecule has 3 aromatic heterocycles. The van der Waals surface area contributed by atoms with Crippen LogP contribution in [0.15, 0.2) is 40.3 Å². The Bertz CT molecular complexity index is 914. The zero-order chi connectivity index (χ0) is 18.4. The number of nitrogens with one attached hydrogen (secondary N) is 1. The van der Waals surface area contributed by atoms with Crippen molar-refractivity contribution in [3.05, 3.63) is 47.2 Å². The first kappa shape index (κ1) is 17.5. The smallest absolute Gasteiger partial charge is 0.266 e. The highest BCUT2D eigenvalue weighted by atomic mass is 16.5. The number of hydrogen-bond donors (Lipinski definition) is 1. The Labute approximate surface area is 148 Å².